The molecule has 3 rings (SSSR count). The predicted molar refractivity (Wildman–Crippen MR) is 79.2 cm³/mol. The van der Waals surface area contributed by atoms with Crippen LogP contribution in [0.4, 0.5) is 19.1 Å². The van der Waals surface area contributed by atoms with Gasteiger partial charge < -0.3 is 15.0 Å². The lowest BCUT2D eigenvalue weighted by Gasteiger charge is -2.27. The Kier molecular flexibility index (Phi) is 4.33. The number of benzene rings is 1. The number of hydrogen-bond donors (Lipinski definition) is 1. The molecular weight excluding hydrogens is 309 g/mol. The van der Waals surface area contributed by atoms with Crippen LogP contribution >= 0.6 is 0 Å². The second kappa shape index (κ2) is 6.41. The quantitative estimate of drug-likeness (QED) is 0.940. The molecule has 0 atom stereocenters. The Balaban J connectivity index is 1.93. The lowest BCUT2D eigenvalue weighted by molar-refractivity contribution is -0.274. The molecule has 0 unspecified atom stereocenters. The number of ether oxygens (including phenoxy) is 1. The molecule has 0 aliphatic carbocycles. The summed E-state index contributed by atoms with van der Waals surface area (Å²) in [6.07, 6.45) is -3.20. The molecule has 2 aromatic rings. The third-order valence-electron chi connectivity index (χ3n) is 3.43. The molecule has 8 heteroatoms. The highest BCUT2D eigenvalue weighted by Crippen LogP contribution is 2.33. The van der Waals surface area contributed by atoms with E-state index in [0.717, 1.165) is 26.2 Å². The van der Waals surface area contributed by atoms with E-state index in [2.05, 4.69) is 20.0 Å². The number of para-hydroxylation sites is 1. The van der Waals surface area contributed by atoms with Crippen molar-refractivity contribution < 1.29 is 17.9 Å². The van der Waals surface area contributed by atoms with Crippen LogP contribution in [0.5, 0.6) is 5.75 Å². The highest BCUT2D eigenvalue weighted by Gasteiger charge is 2.32. The number of nitrogens with one attached hydrogen (secondary N) is 1. The molecule has 0 bridgehead atoms. The molecule has 1 aliphatic heterocycles. The number of aromatic nitrogens is 2. The van der Waals surface area contributed by atoms with Crippen LogP contribution in [0.2, 0.25) is 0 Å². The third kappa shape index (κ3) is 3.89. The molecule has 5 nitrogen and oxygen atoms in total. The highest BCUT2D eigenvalue weighted by molar-refractivity contribution is 5.67. The lowest BCUT2D eigenvalue weighted by atomic mass is 10.1. The van der Waals surface area contributed by atoms with Gasteiger partial charge in [0, 0.05) is 37.9 Å². The zero-order chi connectivity index (χ0) is 16.3. The first-order chi connectivity index (χ1) is 11.0. The zero-order valence-electron chi connectivity index (χ0n) is 12.2. The maximum atomic E-state index is 12.5. The Labute approximate surface area is 131 Å². The van der Waals surface area contributed by atoms with Crippen molar-refractivity contribution >= 4 is 5.95 Å². The van der Waals surface area contributed by atoms with Gasteiger partial charge in [-0.15, -0.1) is 13.2 Å². The maximum absolute atomic E-state index is 12.5. The summed E-state index contributed by atoms with van der Waals surface area (Å²) in [6, 6.07) is 7.53. The standard InChI is InChI=1S/C15H15F3N4O/c16-15(17,18)23-13-4-2-1-3-11(13)12-5-6-20-14(21-12)22-9-7-19-8-10-22/h1-6,19H,7-10H2. The summed E-state index contributed by atoms with van der Waals surface area (Å²) >= 11 is 0. The minimum absolute atomic E-state index is 0.273. The van der Waals surface area contributed by atoms with E-state index >= 15 is 0 Å². The van der Waals surface area contributed by atoms with Crippen LogP contribution in [0, 0.1) is 0 Å². The second-order valence-electron chi connectivity index (χ2n) is 5.02. The number of piperazine rings is 1. The van der Waals surface area contributed by atoms with Gasteiger partial charge in [-0.2, -0.15) is 0 Å². The Morgan fingerprint density at radius 3 is 2.57 bits per heavy atom. The minimum Gasteiger partial charge on any atom is -0.405 e. The van der Waals surface area contributed by atoms with E-state index < -0.39 is 6.36 Å². The van der Waals surface area contributed by atoms with Crippen molar-refractivity contribution in [2.45, 2.75) is 6.36 Å². The van der Waals surface area contributed by atoms with Gasteiger partial charge in [-0.1, -0.05) is 12.1 Å². The average Bonchev–Trinajstić information content (AvgIpc) is 2.55. The molecule has 23 heavy (non-hydrogen) atoms. The first-order valence-corrected chi connectivity index (χ1v) is 7.17. The number of rotatable bonds is 3. The van der Waals surface area contributed by atoms with Crippen molar-refractivity contribution in [2.75, 3.05) is 31.1 Å². The van der Waals surface area contributed by atoms with Crippen LogP contribution in [0.1, 0.15) is 0 Å². The van der Waals surface area contributed by atoms with Crippen LogP contribution in [-0.4, -0.2) is 42.5 Å². The number of halogens is 3. The lowest BCUT2D eigenvalue weighted by Crippen LogP contribution is -2.44. The Morgan fingerprint density at radius 2 is 1.83 bits per heavy atom. The van der Waals surface area contributed by atoms with E-state index in [-0.39, 0.29) is 11.3 Å². The Morgan fingerprint density at radius 1 is 1.09 bits per heavy atom. The van der Waals surface area contributed by atoms with E-state index in [1.807, 2.05) is 4.90 Å². The third-order valence-corrected chi connectivity index (χ3v) is 3.43. The molecule has 1 aliphatic rings. The van der Waals surface area contributed by atoms with Crippen molar-refractivity contribution in [1.29, 1.82) is 0 Å². The van der Waals surface area contributed by atoms with Crippen molar-refractivity contribution in [1.82, 2.24) is 15.3 Å². The first kappa shape index (κ1) is 15.5. The second-order valence-corrected chi connectivity index (χ2v) is 5.02. The monoisotopic (exact) mass is 324 g/mol. The normalized spacial score (nSPS) is 15.5. The predicted octanol–water partition coefficient (Wildman–Crippen LogP) is 2.45. The zero-order valence-corrected chi connectivity index (χ0v) is 12.2. The van der Waals surface area contributed by atoms with Gasteiger partial charge in [0.25, 0.3) is 0 Å². The molecule has 2 heterocycles. The van der Waals surface area contributed by atoms with E-state index in [9.17, 15) is 13.2 Å². The average molecular weight is 324 g/mol. The van der Waals surface area contributed by atoms with E-state index in [0.29, 0.717) is 11.6 Å². The van der Waals surface area contributed by atoms with Gasteiger partial charge in [-0.3, -0.25) is 0 Å². The molecule has 1 saturated heterocycles. The fraction of sp³-hybridized carbons (Fsp3) is 0.333. The topological polar surface area (TPSA) is 50.3 Å². The molecular formula is C15H15F3N4O. The van der Waals surface area contributed by atoms with E-state index in [1.165, 1.54) is 12.1 Å². The van der Waals surface area contributed by atoms with Crippen LogP contribution in [0.25, 0.3) is 11.3 Å². The molecule has 0 saturated carbocycles. The molecule has 1 fully saturated rings. The number of anilines is 1. The van der Waals surface area contributed by atoms with Gasteiger partial charge in [0.1, 0.15) is 5.75 Å². The summed E-state index contributed by atoms with van der Waals surface area (Å²) in [4.78, 5) is 10.6. The molecule has 1 N–H and O–H groups in total. The number of alkyl halides is 3. The van der Waals surface area contributed by atoms with Gasteiger partial charge in [-0.05, 0) is 18.2 Å². The van der Waals surface area contributed by atoms with Crippen LogP contribution < -0.4 is 15.0 Å². The molecule has 0 spiro atoms. The molecule has 122 valence electrons. The molecule has 0 radical (unpaired) electrons. The summed E-state index contributed by atoms with van der Waals surface area (Å²) < 4.78 is 41.7. The fourth-order valence-electron chi connectivity index (χ4n) is 2.41. The van der Waals surface area contributed by atoms with Crippen LogP contribution in [-0.2, 0) is 0 Å². The summed E-state index contributed by atoms with van der Waals surface area (Å²) in [5.74, 6) is 0.232. The SMILES string of the molecule is FC(F)(F)Oc1ccccc1-c1ccnc(N2CCNCC2)n1. The molecule has 1 aromatic carbocycles. The van der Waals surface area contributed by atoms with Crippen LogP contribution in [0.3, 0.4) is 0 Å². The minimum atomic E-state index is -4.75. The van der Waals surface area contributed by atoms with Gasteiger partial charge in [-0.25, -0.2) is 9.97 Å². The van der Waals surface area contributed by atoms with Crippen molar-refractivity contribution in [2.24, 2.45) is 0 Å². The van der Waals surface area contributed by atoms with Gasteiger partial charge in [0.15, 0.2) is 0 Å². The molecule has 1 aromatic heterocycles. The number of nitrogens with zero attached hydrogens (tertiary/aromatic N) is 3. The number of hydrogen-bond acceptors (Lipinski definition) is 5. The van der Waals surface area contributed by atoms with Crippen molar-refractivity contribution in [3.05, 3.63) is 36.5 Å². The Bertz CT molecular complexity index is 672. The highest BCUT2D eigenvalue weighted by atomic mass is 19.4. The van der Waals surface area contributed by atoms with E-state index in [1.54, 1.807) is 24.4 Å². The summed E-state index contributed by atoms with van der Waals surface area (Å²) in [5.41, 5.74) is 0.678. The fourth-order valence-corrected chi connectivity index (χ4v) is 2.41. The van der Waals surface area contributed by atoms with Gasteiger partial charge in [0.05, 0.1) is 5.69 Å². The van der Waals surface area contributed by atoms with E-state index in [4.69, 9.17) is 0 Å². The smallest absolute Gasteiger partial charge is 0.405 e. The first-order valence-electron chi connectivity index (χ1n) is 7.17. The summed E-state index contributed by atoms with van der Waals surface area (Å²) in [7, 11) is 0. The van der Waals surface area contributed by atoms with Gasteiger partial charge in [0.2, 0.25) is 5.95 Å². The van der Waals surface area contributed by atoms with Crippen LogP contribution in [0.15, 0.2) is 36.5 Å². The van der Waals surface area contributed by atoms with Gasteiger partial charge >= 0.3 is 6.36 Å². The van der Waals surface area contributed by atoms with Crippen molar-refractivity contribution in [3.63, 3.8) is 0 Å². The summed E-state index contributed by atoms with van der Waals surface area (Å²) in [6.45, 7) is 3.15. The Hall–Kier alpha value is -2.35. The largest absolute Gasteiger partial charge is 0.573 e. The van der Waals surface area contributed by atoms with Crippen molar-refractivity contribution in [3.8, 4) is 17.0 Å². The molecule has 0 amide bonds. The summed E-state index contributed by atoms with van der Waals surface area (Å²) in [5, 5.41) is 3.22. The maximum Gasteiger partial charge on any atom is 0.573 e.